The highest BCUT2D eigenvalue weighted by molar-refractivity contribution is 6.30. The Morgan fingerprint density at radius 2 is 1.85 bits per heavy atom. The quantitative estimate of drug-likeness (QED) is 0.516. The van der Waals surface area contributed by atoms with Gasteiger partial charge in [-0.25, -0.2) is 0 Å². The maximum Gasteiger partial charge on any atom is 0.292 e. The molecule has 2 rings (SSSR count). The molecule has 20 heavy (non-hydrogen) atoms. The van der Waals surface area contributed by atoms with Crippen molar-refractivity contribution < 1.29 is 9.72 Å². The molecule has 0 aliphatic heterocycles. The van der Waals surface area contributed by atoms with Crippen LogP contribution in [0.2, 0.25) is 5.02 Å². The topological polar surface area (TPSA) is 98.3 Å². The third kappa shape index (κ3) is 2.86. The number of carbonyl (C=O) groups is 1. The molecule has 0 heterocycles. The molecule has 1 amide bonds. The number of nitro groups is 1. The van der Waals surface area contributed by atoms with E-state index in [4.69, 9.17) is 17.3 Å². The molecular weight excluding hydrogens is 282 g/mol. The van der Waals surface area contributed by atoms with Crippen molar-refractivity contribution in [2.75, 3.05) is 11.1 Å². The lowest BCUT2D eigenvalue weighted by Crippen LogP contribution is -2.14. The van der Waals surface area contributed by atoms with Crippen LogP contribution in [0.25, 0.3) is 0 Å². The Hall–Kier alpha value is -2.60. The summed E-state index contributed by atoms with van der Waals surface area (Å²) in [7, 11) is 0. The summed E-state index contributed by atoms with van der Waals surface area (Å²) in [6, 6.07) is 10.6. The second-order valence-corrected chi connectivity index (χ2v) is 4.39. The Kier molecular flexibility index (Phi) is 3.86. The maximum absolute atomic E-state index is 12.0. The van der Waals surface area contributed by atoms with Crippen LogP contribution in [0.15, 0.2) is 42.5 Å². The van der Waals surface area contributed by atoms with Gasteiger partial charge in [0.1, 0.15) is 5.69 Å². The Morgan fingerprint density at radius 3 is 2.45 bits per heavy atom. The molecule has 2 aromatic rings. The number of hydrogen-bond acceptors (Lipinski definition) is 4. The number of nitro benzene ring substituents is 1. The average Bonchev–Trinajstić information content (AvgIpc) is 2.41. The third-order valence-corrected chi connectivity index (χ3v) is 2.88. The molecule has 7 heteroatoms. The van der Waals surface area contributed by atoms with Gasteiger partial charge in [-0.3, -0.25) is 14.9 Å². The van der Waals surface area contributed by atoms with Crippen LogP contribution in [-0.4, -0.2) is 10.8 Å². The van der Waals surface area contributed by atoms with E-state index in [1.54, 1.807) is 24.3 Å². The highest BCUT2D eigenvalue weighted by Crippen LogP contribution is 2.25. The lowest BCUT2D eigenvalue weighted by Gasteiger charge is -2.07. The number of halogens is 1. The van der Waals surface area contributed by atoms with E-state index < -0.39 is 10.8 Å². The second-order valence-electron chi connectivity index (χ2n) is 3.96. The SMILES string of the molecule is Nc1c(C(=O)Nc2ccc(Cl)cc2)cccc1[N+](=O)[O-]. The van der Waals surface area contributed by atoms with Crippen molar-refractivity contribution >= 4 is 34.6 Å². The largest absolute Gasteiger partial charge is 0.393 e. The van der Waals surface area contributed by atoms with E-state index >= 15 is 0 Å². The van der Waals surface area contributed by atoms with Crippen molar-refractivity contribution in [2.24, 2.45) is 0 Å². The zero-order valence-corrected chi connectivity index (χ0v) is 10.9. The molecule has 102 valence electrons. The first-order valence-corrected chi connectivity index (χ1v) is 5.96. The van der Waals surface area contributed by atoms with Crippen LogP contribution in [0.3, 0.4) is 0 Å². The molecule has 0 saturated heterocycles. The van der Waals surface area contributed by atoms with Crippen LogP contribution < -0.4 is 11.1 Å². The first-order chi connectivity index (χ1) is 9.49. The number of hydrogen-bond donors (Lipinski definition) is 2. The standard InChI is InChI=1S/C13H10ClN3O3/c14-8-4-6-9(7-5-8)16-13(18)10-2-1-3-11(12(10)15)17(19)20/h1-7H,15H2,(H,16,18). The molecule has 3 N–H and O–H groups in total. The van der Waals surface area contributed by atoms with Gasteiger partial charge in [0.2, 0.25) is 0 Å². The molecule has 0 aliphatic carbocycles. The van der Waals surface area contributed by atoms with E-state index in [-0.39, 0.29) is 16.9 Å². The van der Waals surface area contributed by atoms with E-state index in [1.165, 1.54) is 18.2 Å². The molecule has 6 nitrogen and oxygen atoms in total. The summed E-state index contributed by atoms with van der Waals surface area (Å²) in [6.07, 6.45) is 0. The highest BCUT2D eigenvalue weighted by Gasteiger charge is 2.18. The van der Waals surface area contributed by atoms with Gasteiger partial charge in [0.15, 0.2) is 0 Å². The third-order valence-electron chi connectivity index (χ3n) is 2.63. The maximum atomic E-state index is 12.0. The number of rotatable bonds is 3. The first-order valence-electron chi connectivity index (χ1n) is 5.59. The van der Waals surface area contributed by atoms with Crippen LogP contribution >= 0.6 is 11.6 Å². The molecular formula is C13H10ClN3O3. The molecule has 0 unspecified atom stereocenters. The molecule has 0 saturated carbocycles. The van der Waals surface area contributed by atoms with Crippen LogP contribution in [0.4, 0.5) is 17.1 Å². The number of nitrogens with one attached hydrogen (secondary N) is 1. The van der Waals surface area contributed by atoms with Crippen LogP contribution in [0, 0.1) is 10.1 Å². The molecule has 0 aliphatic rings. The first kappa shape index (κ1) is 13.8. The number of anilines is 2. The van der Waals surface area contributed by atoms with E-state index in [2.05, 4.69) is 5.32 Å². The molecule has 0 spiro atoms. The Bertz CT molecular complexity index is 671. The molecule has 0 aromatic heterocycles. The Labute approximate surface area is 119 Å². The summed E-state index contributed by atoms with van der Waals surface area (Å²) in [4.78, 5) is 22.2. The van der Waals surface area contributed by atoms with Gasteiger partial charge in [-0.15, -0.1) is 0 Å². The number of nitrogens with zero attached hydrogens (tertiary/aromatic N) is 1. The van der Waals surface area contributed by atoms with Crippen molar-refractivity contribution in [3.8, 4) is 0 Å². The summed E-state index contributed by atoms with van der Waals surface area (Å²) < 4.78 is 0. The predicted octanol–water partition coefficient (Wildman–Crippen LogP) is 3.08. The molecule has 0 bridgehead atoms. The van der Waals surface area contributed by atoms with Gasteiger partial charge in [-0.05, 0) is 30.3 Å². The van der Waals surface area contributed by atoms with Crippen molar-refractivity contribution in [3.05, 3.63) is 63.2 Å². The summed E-state index contributed by atoms with van der Waals surface area (Å²) in [5.74, 6) is -0.520. The summed E-state index contributed by atoms with van der Waals surface area (Å²) in [5, 5.41) is 13.9. The van der Waals surface area contributed by atoms with Crippen LogP contribution in [-0.2, 0) is 0 Å². The van der Waals surface area contributed by atoms with Gasteiger partial charge in [0.25, 0.3) is 11.6 Å². The van der Waals surface area contributed by atoms with Crippen molar-refractivity contribution in [1.82, 2.24) is 0 Å². The van der Waals surface area contributed by atoms with E-state index in [0.717, 1.165) is 0 Å². The van der Waals surface area contributed by atoms with Gasteiger partial charge in [-0.2, -0.15) is 0 Å². The lowest BCUT2D eigenvalue weighted by molar-refractivity contribution is -0.383. The van der Waals surface area contributed by atoms with Gasteiger partial charge in [-0.1, -0.05) is 17.7 Å². The lowest BCUT2D eigenvalue weighted by atomic mass is 10.1. The van der Waals surface area contributed by atoms with Crippen molar-refractivity contribution in [3.63, 3.8) is 0 Å². The predicted molar refractivity (Wildman–Crippen MR) is 76.9 cm³/mol. The summed E-state index contributed by atoms with van der Waals surface area (Å²) >= 11 is 5.74. The minimum atomic E-state index is -0.631. The highest BCUT2D eigenvalue weighted by atomic mass is 35.5. The number of para-hydroxylation sites is 1. The fraction of sp³-hybridized carbons (Fsp3) is 0. The number of carbonyl (C=O) groups excluding carboxylic acids is 1. The van der Waals surface area contributed by atoms with Crippen LogP contribution in [0.5, 0.6) is 0 Å². The zero-order chi connectivity index (χ0) is 14.7. The Morgan fingerprint density at radius 1 is 1.20 bits per heavy atom. The molecule has 0 radical (unpaired) electrons. The number of nitrogens with two attached hydrogens (primary N) is 1. The van der Waals surface area contributed by atoms with Gasteiger partial charge in [0.05, 0.1) is 10.5 Å². The van der Waals surface area contributed by atoms with Gasteiger partial charge in [0, 0.05) is 16.8 Å². The molecule has 0 fully saturated rings. The minimum absolute atomic E-state index is 0.0501. The van der Waals surface area contributed by atoms with Crippen molar-refractivity contribution in [1.29, 1.82) is 0 Å². The summed E-state index contributed by atoms with van der Waals surface area (Å²) in [5.41, 5.74) is 5.75. The van der Waals surface area contributed by atoms with Gasteiger partial charge >= 0.3 is 0 Å². The number of amides is 1. The fourth-order valence-electron chi connectivity index (χ4n) is 1.64. The minimum Gasteiger partial charge on any atom is -0.393 e. The Balaban J connectivity index is 2.28. The number of benzene rings is 2. The molecule has 0 atom stereocenters. The molecule has 2 aromatic carbocycles. The van der Waals surface area contributed by atoms with E-state index in [0.29, 0.717) is 10.7 Å². The average molecular weight is 292 g/mol. The van der Waals surface area contributed by atoms with Crippen molar-refractivity contribution in [2.45, 2.75) is 0 Å². The monoisotopic (exact) mass is 291 g/mol. The van der Waals surface area contributed by atoms with E-state index in [1.807, 2.05) is 0 Å². The van der Waals surface area contributed by atoms with E-state index in [9.17, 15) is 14.9 Å². The van der Waals surface area contributed by atoms with Gasteiger partial charge < -0.3 is 11.1 Å². The zero-order valence-electron chi connectivity index (χ0n) is 10.2. The van der Waals surface area contributed by atoms with Crippen LogP contribution in [0.1, 0.15) is 10.4 Å². The number of nitrogen functional groups attached to an aromatic ring is 1. The smallest absolute Gasteiger partial charge is 0.292 e. The fourth-order valence-corrected chi connectivity index (χ4v) is 1.77. The summed E-state index contributed by atoms with van der Waals surface area (Å²) in [6.45, 7) is 0. The normalized spacial score (nSPS) is 10.1. The second kappa shape index (κ2) is 5.58.